The highest BCUT2D eigenvalue weighted by Gasteiger charge is 2.24. The minimum absolute atomic E-state index is 0.101. The Morgan fingerprint density at radius 1 is 1.06 bits per heavy atom. The summed E-state index contributed by atoms with van der Waals surface area (Å²) >= 11 is 1.44. The molecule has 3 aromatic rings. The highest BCUT2D eigenvalue weighted by molar-refractivity contribution is 7.89. The van der Waals surface area contributed by atoms with E-state index in [0.29, 0.717) is 10.4 Å². The standard InChI is InChI=1S/C22H27N3O5S2/c1-16-5-10-19-20(15-16)31-22(24(19)2)23-21(26)17-6-8-18(9-7-17)32(27,28)25(11-13-29-3)12-14-30-4/h5-10,15H,11-14H2,1-4H3. The van der Waals surface area contributed by atoms with Crippen LogP contribution in [0.4, 0.5) is 0 Å². The summed E-state index contributed by atoms with van der Waals surface area (Å²) in [6.45, 7) is 2.97. The largest absolute Gasteiger partial charge is 0.383 e. The molecule has 2 aromatic carbocycles. The number of amides is 1. The van der Waals surface area contributed by atoms with Crippen LogP contribution in [0.5, 0.6) is 0 Å². The first kappa shape index (κ1) is 24.3. The Labute approximate surface area is 191 Å². The number of hydrogen-bond acceptors (Lipinski definition) is 6. The van der Waals surface area contributed by atoms with Gasteiger partial charge in [0.25, 0.3) is 5.91 Å². The van der Waals surface area contributed by atoms with Crippen LogP contribution in [0.3, 0.4) is 0 Å². The first-order chi connectivity index (χ1) is 15.3. The summed E-state index contributed by atoms with van der Waals surface area (Å²) in [4.78, 5) is 17.7. The van der Waals surface area contributed by atoms with Crippen LogP contribution in [0.1, 0.15) is 15.9 Å². The molecule has 0 saturated heterocycles. The Kier molecular flexibility index (Phi) is 7.96. The second-order valence-electron chi connectivity index (χ2n) is 7.25. The quantitative estimate of drug-likeness (QED) is 0.473. The molecule has 1 aromatic heterocycles. The van der Waals surface area contributed by atoms with Gasteiger partial charge >= 0.3 is 0 Å². The maximum Gasteiger partial charge on any atom is 0.279 e. The van der Waals surface area contributed by atoms with E-state index in [0.717, 1.165) is 15.8 Å². The topological polar surface area (TPSA) is 90.2 Å². The van der Waals surface area contributed by atoms with Crippen molar-refractivity contribution in [3.8, 4) is 0 Å². The van der Waals surface area contributed by atoms with Crippen molar-refractivity contribution in [2.24, 2.45) is 12.0 Å². The molecule has 0 aliphatic heterocycles. The van der Waals surface area contributed by atoms with Crippen molar-refractivity contribution in [3.05, 3.63) is 58.4 Å². The molecule has 0 fully saturated rings. The number of carbonyl (C=O) groups excluding carboxylic acids is 1. The Bertz CT molecular complexity index is 1250. The van der Waals surface area contributed by atoms with E-state index in [9.17, 15) is 13.2 Å². The molecule has 0 aliphatic carbocycles. The predicted octanol–water partition coefficient (Wildman–Crippen LogP) is 2.57. The van der Waals surface area contributed by atoms with E-state index in [1.165, 1.54) is 54.1 Å². The van der Waals surface area contributed by atoms with E-state index in [1.807, 2.05) is 30.7 Å². The van der Waals surface area contributed by atoms with Crippen LogP contribution in [0.25, 0.3) is 10.2 Å². The van der Waals surface area contributed by atoms with Crippen molar-refractivity contribution >= 4 is 37.5 Å². The molecule has 0 saturated carbocycles. The van der Waals surface area contributed by atoms with E-state index in [2.05, 4.69) is 11.1 Å². The fourth-order valence-corrected chi connectivity index (χ4v) is 5.68. The number of nitrogens with zero attached hydrogens (tertiary/aromatic N) is 3. The Hall–Kier alpha value is -2.37. The van der Waals surface area contributed by atoms with Gasteiger partial charge in [0.15, 0.2) is 4.80 Å². The summed E-state index contributed by atoms with van der Waals surface area (Å²) in [5.74, 6) is -0.427. The second kappa shape index (κ2) is 10.5. The number of hydrogen-bond donors (Lipinski definition) is 0. The predicted molar refractivity (Wildman–Crippen MR) is 124 cm³/mol. The van der Waals surface area contributed by atoms with Gasteiger partial charge in [-0.15, -0.1) is 0 Å². The molecule has 3 rings (SSSR count). The Morgan fingerprint density at radius 3 is 2.28 bits per heavy atom. The van der Waals surface area contributed by atoms with Crippen molar-refractivity contribution < 1.29 is 22.7 Å². The van der Waals surface area contributed by atoms with Crippen LogP contribution in [-0.4, -0.2) is 63.7 Å². The van der Waals surface area contributed by atoms with E-state index < -0.39 is 15.9 Å². The zero-order valence-corrected chi connectivity index (χ0v) is 20.2. The molecule has 10 heteroatoms. The summed E-state index contributed by atoms with van der Waals surface area (Å²) in [6, 6.07) is 11.9. The second-order valence-corrected chi connectivity index (χ2v) is 10.2. The minimum Gasteiger partial charge on any atom is -0.383 e. The SMILES string of the molecule is COCCN(CCOC)S(=O)(=O)c1ccc(C(=O)N=c2sc3cc(C)ccc3n2C)cc1. The number of aromatic nitrogens is 1. The molecular weight excluding hydrogens is 450 g/mol. The summed E-state index contributed by atoms with van der Waals surface area (Å²) in [7, 11) is 1.15. The van der Waals surface area contributed by atoms with E-state index >= 15 is 0 Å². The van der Waals surface area contributed by atoms with Crippen molar-refractivity contribution in [2.45, 2.75) is 11.8 Å². The summed E-state index contributed by atoms with van der Waals surface area (Å²) in [5, 5.41) is 0. The van der Waals surface area contributed by atoms with Crippen molar-refractivity contribution in [1.82, 2.24) is 8.87 Å². The van der Waals surface area contributed by atoms with Gasteiger partial charge in [0, 0.05) is 39.9 Å². The van der Waals surface area contributed by atoms with Gasteiger partial charge in [-0.05, 0) is 48.9 Å². The normalized spacial score (nSPS) is 12.7. The third-order valence-electron chi connectivity index (χ3n) is 4.99. The first-order valence-corrected chi connectivity index (χ1v) is 12.3. The van der Waals surface area contributed by atoms with Crippen LogP contribution < -0.4 is 4.80 Å². The third-order valence-corrected chi connectivity index (χ3v) is 8.00. The molecule has 0 radical (unpaired) electrons. The molecule has 32 heavy (non-hydrogen) atoms. The maximum absolute atomic E-state index is 13.0. The summed E-state index contributed by atoms with van der Waals surface area (Å²) in [6.07, 6.45) is 0. The van der Waals surface area contributed by atoms with Gasteiger partial charge in [0.1, 0.15) is 0 Å². The Morgan fingerprint density at radius 2 is 1.69 bits per heavy atom. The molecule has 0 spiro atoms. The summed E-state index contributed by atoms with van der Waals surface area (Å²) < 4.78 is 40.3. The lowest BCUT2D eigenvalue weighted by molar-refractivity contribution is 0.0998. The fraction of sp³-hybridized carbons (Fsp3) is 0.364. The first-order valence-electron chi connectivity index (χ1n) is 10.0. The van der Waals surface area contributed by atoms with Crippen LogP contribution in [0.2, 0.25) is 0 Å². The lowest BCUT2D eigenvalue weighted by atomic mass is 10.2. The molecule has 1 heterocycles. The van der Waals surface area contributed by atoms with Gasteiger partial charge in [-0.3, -0.25) is 4.79 Å². The van der Waals surface area contributed by atoms with Crippen LogP contribution in [0.15, 0.2) is 52.4 Å². The average Bonchev–Trinajstić information content (AvgIpc) is 3.07. The molecule has 0 atom stereocenters. The molecule has 0 aliphatic rings. The number of thiazole rings is 1. The average molecular weight is 478 g/mol. The molecule has 1 amide bonds. The van der Waals surface area contributed by atoms with Gasteiger partial charge in [0.05, 0.1) is 28.3 Å². The van der Waals surface area contributed by atoms with Gasteiger partial charge < -0.3 is 14.0 Å². The zero-order valence-electron chi connectivity index (χ0n) is 18.6. The minimum atomic E-state index is -3.75. The van der Waals surface area contributed by atoms with Gasteiger partial charge in [-0.25, -0.2) is 8.42 Å². The molecule has 0 N–H and O–H groups in total. The number of sulfonamides is 1. The number of fused-ring (bicyclic) bond motifs is 1. The molecule has 0 unspecified atom stereocenters. The van der Waals surface area contributed by atoms with Crippen LogP contribution in [-0.2, 0) is 26.5 Å². The van der Waals surface area contributed by atoms with E-state index in [-0.39, 0.29) is 31.2 Å². The lowest BCUT2D eigenvalue weighted by Crippen LogP contribution is -2.36. The molecular formula is C22H27N3O5S2. The van der Waals surface area contributed by atoms with Crippen molar-refractivity contribution in [1.29, 1.82) is 0 Å². The van der Waals surface area contributed by atoms with Gasteiger partial charge in [0.2, 0.25) is 10.0 Å². The van der Waals surface area contributed by atoms with Crippen molar-refractivity contribution in [3.63, 3.8) is 0 Å². The van der Waals surface area contributed by atoms with E-state index in [1.54, 1.807) is 0 Å². The monoisotopic (exact) mass is 477 g/mol. The maximum atomic E-state index is 13.0. The zero-order chi connectivity index (χ0) is 23.3. The molecule has 172 valence electrons. The van der Waals surface area contributed by atoms with Crippen LogP contribution in [0, 0.1) is 6.92 Å². The van der Waals surface area contributed by atoms with Crippen molar-refractivity contribution in [2.75, 3.05) is 40.5 Å². The summed E-state index contributed by atoms with van der Waals surface area (Å²) in [5.41, 5.74) is 2.46. The highest BCUT2D eigenvalue weighted by Crippen LogP contribution is 2.19. The fourth-order valence-electron chi connectivity index (χ4n) is 3.16. The number of benzene rings is 2. The highest BCUT2D eigenvalue weighted by atomic mass is 32.2. The Balaban J connectivity index is 1.86. The molecule has 0 bridgehead atoms. The van der Waals surface area contributed by atoms with Gasteiger partial charge in [-0.1, -0.05) is 17.4 Å². The molecule has 8 nitrogen and oxygen atoms in total. The number of methoxy groups -OCH3 is 2. The van der Waals surface area contributed by atoms with E-state index in [4.69, 9.17) is 9.47 Å². The number of ether oxygens (including phenoxy) is 2. The van der Waals surface area contributed by atoms with Crippen LogP contribution >= 0.6 is 11.3 Å². The number of aryl methyl sites for hydroxylation is 2. The third kappa shape index (κ3) is 5.33. The smallest absolute Gasteiger partial charge is 0.279 e. The lowest BCUT2D eigenvalue weighted by Gasteiger charge is -2.21. The van der Waals surface area contributed by atoms with Gasteiger partial charge in [-0.2, -0.15) is 9.30 Å². The number of rotatable bonds is 9. The number of carbonyl (C=O) groups is 1.